The Morgan fingerprint density at radius 3 is 2.50 bits per heavy atom. The maximum absolute atomic E-state index is 6.18. The summed E-state index contributed by atoms with van der Waals surface area (Å²) in [7, 11) is 0. The number of nitrogen functional groups attached to an aromatic ring is 1. The quantitative estimate of drug-likeness (QED) is 0.848. The summed E-state index contributed by atoms with van der Waals surface area (Å²) in [6.45, 7) is 6.27. The minimum atomic E-state index is -0.0891. The average Bonchev–Trinajstić information content (AvgIpc) is 2.60. The number of hydrogen-bond acceptors (Lipinski definition) is 2. The Kier molecular flexibility index (Phi) is 3.43. The van der Waals surface area contributed by atoms with Crippen LogP contribution in [0.2, 0.25) is 5.02 Å². The van der Waals surface area contributed by atoms with Crippen LogP contribution in [0.5, 0.6) is 0 Å². The molecule has 1 aromatic carbocycles. The van der Waals surface area contributed by atoms with Crippen LogP contribution in [-0.4, -0.2) is 9.55 Å². The van der Waals surface area contributed by atoms with Crippen LogP contribution in [0.25, 0.3) is 11.3 Å². The molecule has 5 heteroatoms. The number of nitrogens with two attached hydrogens (primary N) is 1. The molecular formula is C13H15BrClN3. The van der Waals surface area contributed by atoms with Gasteiger partial charge in [0, 0.05) is 20.6 Å². The zero-order valence-corrected chi connectivity index (χ0v) is 12.9. The third-order valence-electron chi connectivity index (χ3n) is 2.71. The van der Waals surface area contributed by atoms with Gasteiger partial charge in [-0.25, -0.2) is 4.98 Å². The zero-order chi connectivity index (χ0) is 13.5. The SMILES string of the molecule is CC(C)(C)n1cnc(-c2ccc(Cl)cc2Br)c1N. The molecular weight excluding hydrogens is 314 g/mol. The Morgan fingerprint density at radius 2 is 2.00 bits per heavy atom. The van der Waals surface area contributed by atoms with Crippen LogP contribution in [-0.2, 0) is 5.54 Å². The van der Waals surface area contributed by atoms with Crippen LogP contribution in [0.4, 0.5) is 5.82 Å². The topological polar surface area (TPSA) is 43.8 Å². The van der Waals surface area contributed by atoms with Gasteiger partial charge < -0.3 is 10.3 Å². The van der Waals surface area contributed by atoms with Crippen LogP contribution in [0.3, 0.4) is 0 Å². The first kappa shape index (κ1) is 13.4. The number of hydrogen-bond donors (Lipinski definition) is 1. The van der Waals surface area contributed by atoms with Crippen molar-refractivity contribution in [3.8, 4) is 11.3 Å². The van der Waals surface area contributed by atoms with E-state index < -0.39 is 0 Å². The van der Waals surface area contributed by atoms with Gasteiger partial charge in [-0.1, -0.05) is 33.6 Å². The predicted octanol–water partition coefficient (Wildman–Crippen LogP) is 4.30. The molecule has 3 nitrogen and oxygen atoms in total. The van der Waals surface area contributed by atoms with E-state index in [0.717, 1.165) is 15.7 Å². The number of nitrogens with zero attached hydrogens (tertiary/aromatic N) is 2. The highest BCUT2D eigenvalue weighted by molar-refractivity contribution is 9.10. The Bertz CT molecular complexity index is 584. The third-order valence-corrected chi connectivity index (χ3v) is 3.60. The van der Waals surface area contributed by atoms with E-state index >= 15 is 0 Å². The molecule has 0 saturated heterocycles. The minimum absolute atomic E-state index is 0.0891. The monoisotopic (exact) mass is 327 g/mol. The minimum Gasteiger partial charge on any atom is -0.383 e. The van der Waals surface area contributed by atoms with Crippen LogP contribution >= 0.6 is 27.5 Å². The molecule has 0 radical (unpaired) electrons. The van der Waals surface area contributed by atoms with Gasteiger partial charge in [0.15, 0.2) is 0 Å². The molecule has 0 amide bonds. The summed E-state index contributed by atoms with van der Waals surface area (Å²) < 4.78 is 2.85. The number of aromatic nitrogens is 2. The summed E-state index contributed by atoms with van der Waals surface area (Å²) in [5, 5.41) is 0.680. The summed E-state index contributed by atoms with van der Waals surface area (Å²) in [4.78, 5) is 4.41. The highest BCUT2D eigenvalue weighted by Crippen LogP contribution is 2.34. The van der Waals surface area contributed by atoms with Crippen molar-refractivity contribution in [3.63, 3.8) is 0 Å². The summed E-state index contributed by atoms with van der Waals surface area (Å²) in [5.74, 6) is 0.658. The van der Waals surface area contributed by atoms with Gasteiger partial charge in [-0.05, 0) is 32.9 Å². The molecule has 0 aliphatic carbocycles. The molecule has 2 N–H and O–H groups in total. The fraction of sp³-hybridized carbons (Fsp3) is 0.308. The van der Waals surface area contributed by atoms with E-state index in [0.29, 0.717) is 10.8 Å². The molecule has 0 bridgehead atoms. The van der Waals surface area contributed by atoms with Crippen molar-refractivity contribution in [1.82, 2.24) is 9.55 Å². The molecule has 2 aromatic rings. The van der Waals surface area contributed by atoms with E-state index in [-0.39, 0.29) is 5.54 Å². The van der Waals surface area contributed by atoms with Gasteiger partial charge in [-0.2, -0.15) is 0 Å². The first-order valence-electron chi connectivity index (χ1n) is 5.59. The lowest BCUT2D eigenvalue weighted by Gasteiger charge is -2.22. The molecule has 1 heterocycles. The molecule has 0 atom stereocenters. The highest BCUT2D eigenvalue weighted by atomic mass is 79.9. The lowest BCUT2D eigenvalue weighted by Crippen LogP contribution is -2.22. The number of rotatable bonds is 1. The van der Waals surface area contributed by atoms with Crippen molar-refractivity contribution in [2.75, 3.05) is 5.73 Å². The summed E-state index contributed by atoms with van der Waals surface area (Å²) in [5.41, 5.74) is 7.80. The second-order valence-electron chi connectivity index (χ2n) is 5.14. The van der Waals surface area contributed by atoms with Crippen LogP contribution in [0.15, 0.2) is 29.0 Å². The molecule has 1 aromatic heterocycles. The smallest absolute Gasteiger partial charge is 0.132 e. The van der Waals surface area contributed by atoms with E-state index in [1.807, 2.05) is 22.8 Å². The van der Waals surface area contributed by atoms with Crippen molar-refractivity contribution in [2.24, 2.45) is 0 Å². The normalized spacial score (nSPS) is 11.8. The lowest BCUT2D eigenvalue weighted by atomic mass is 10.1. The van der Waals surface area contributed by atoms with Gasteiger partial charge in [0.25, 0.3) is 0 Å². The van der Waals surface area contributed by atoms with Crippen molar-refractivity contribution in [2.45, 2.75) is 26.3 Å². The highest BCUT2D eigenvalue weighted by Gasteiger charge is 2.20. The lowest BCUT2D eigenvalue weighted by molar-refractivity contribution is 0.402. The van der Waals surface area contributed by atoms with E-state index in [2.05, 4.69) is 41.7 Å². The first-order chi connectivity index (χ1) is 8.30. The van der Waals surface area contributed by atoms with Crippen LogP contribution < -0.4 is 5.73 Å². The second kappa shape index (κ2) is 4.59. The molecule has 0 saturated carbocycles. The summed E-state index contributed by atoms with van der Waals surface area (Å²) in [6.07, 6.45) is 1.77. The largest absolute Gasteiger partial charge is 0.383 e. The Labute approximate surface area is 120 Å². The maximum atomic E-state index is 6.18. The van der Waals surface area contributed by atoms with E-state index in [9.17, 15) is 0 Å². The molecule has 18 heavy (non-hydrogen) atoms. The van der Waals surface area contributed by atoms with Gasteiger partial charge in [-0.15, -0.1) is 0 Å². The van der Waals surface area contributed by atoms with Crippen LogP contribution in [0, 0.1) is 0 Å². The fourth-order valence-corrected chi connectivity index (χ4v) is 2.65. The zero-order valence-electron chi connectivity index (χ0n) is 10.5. The van der Waals surface area contributed by atoms with Gasteiger partial charge >= 0.3 is 0 Å². The van der Waals surface area contributed by atoms with Gasteiger partial charge in [0.1, 0.15) is 11.5 Å². The fourth-order valence-electron chi connectivity index (χ4n) is 1.78. The van der Waals surface area contributed by atoms with Crippen molar-refractivity contribution >= 4 is 33.3 Å². The number of benzene rings is 1. The molecule has 96 valence electrons. The molecule has 0 aliphatic rings. The molecule has 0 spiro atoms. The molecule has 2 rings (SSSR count). The van der Waals surface area contributed by atoms with Gasteiger partial charge in [-0.3, -0.25) is 0 Å². The Balaban J connectivity index is 2.56. The maximum Gasteiger partial charge on any atom is 0.132 e. The standard InChI is InChI=1S/C13H15BrClN3/c1-13(2,3)18-7-17-11(12(18)16)9-5-4-8(15)6-10(9)14/h4-7H,16H2,1-3H3. The molecule has 0 aliphatic heterocycles. The van der Waals surface area contributed by atoms with Crippen molar-refractivity contribution in [3.05, 3.63) is 34.0 Å². The van der Waals surface area contributed by atoms with E-state index in [1.165, 1.54) is 0 Å². The number of imidazole rings is 1. The van der Waals surface area contributed by atoms with Gasteiger partial charge in [0.2, 0.25) is 0 Å². The van der Waals surface area contributed by atoms with E-state index in [1.54, 1.807) is 6.33 Å². The predicted molar refractivity (Wildman–Crippen MR) is 79.8 cm³/mol. The van der Waals surface area contributed by atoms with Crippen LogP contribution in [0.1, 0.15) is 20.8 Å². The van der Waals surface area contributed by atoms with Crippen molar-refractivity contribution in [1.29, 1.82) is 0 Å². The first-order valence-corrected chi connectivity index (χ1v) is 6.76. The average molecular weight is 329 g/mol. The third kappa shape index (κ3) is 2.40. The van der Waals surface area contributed by atoms with Gasteiger partial charge in [0.05, 0.1) is 6.33 Å². The summed E-state index contributed by atoms with van der Waals surface area (Å²) in [6, 6.07) is 5.59. The molecule has 0 fully saturated rings. The Morgan fingerprint density at radius 1 is 1.33 bits per heavy atom. The van der Waals surface area contributed by atoms with Crippen molar-refractivity contribution < 1.29 is 0 Å². The number of halogens is 2. The number of anilines is 1. The van der Waals surface area contributed by atoms with E-state index in [4.69, 9.17) is 17.3 Å². The summed E-state index contributed by atoms with van der Waals surface area (Å²) >= 11 is 9.42. The molecule has 0 unspecified atom stereocenters. The Hall–Kier alpha value is -1.00. The second-order valence-corrected chi connectivity index (χ2v) is 6.43.